The van der Waals surface area contributed by atoms with Crippen LogP contribution in [-0.4, -0.2) is 24.6 Å². The molecule has 110 valence electrons. The molecule has 0 radical (unpaired) electrons. The summed E-state index contributed by atoms with van der Waals surface area (Å²) in [7, 11) is -3.79. The van der Waals surface area contributed by atoms with E-state index in [1.807, 2.05) is 6.26 Å². The van der Waals surface area contributed by atoms with Crippen molar-refractivity contribution in [1.29, 1.82) is 0 Å². The molecule has 1 heterocycles. The summed E-state index contributed by atoms with van der Waals surface area (Å²) in [5.41, 5.74) is 0.158. The topological polar surface area (TPSA) is 102 Å². The average Bonchev–Trinajstić information content (AvgIpc) is 2.48. The van der Waals surface area contributed by atoms with Gasteiger partial charge in [-0.15, -0.1) is 11.8 Å². The first-order chi connectivity index (χ1) is 9.92. The number of anilines is 1. The van der Waals surface area contributed by atoms with Crippen molar-refractivity contribution in [1.82, 2.24) is 4.98 Å². The molecule has 0 saturated carbocycles. The van der Waals surface area contributed by atoms with Crippen LogP contribution in [0.5, 0.6) is 0 Å². The molecule has 0 bridgehead atoms. The van der Waals surface area contributed by atoms with E-state index >= 15 is 0 Å². The van der Waals surface area contributed by atoms with Crippen LogP contribution in [0.25, 0.3) is 0 Å². The van der Waals surface area contributed by atoms with Crippen LogP contribution in [0.2, 0.25) is 0 Å². The monoisotopic (exact) mass is 325 g/mol. The number of rotatable bonds is 5. The van der Waals surface area contributed by atoms with Gasteiger partial charge >= 0.3 is 0 Å². The Kier molecular flexibility index (Phi) is 4.43. The van der Waals surface area contributed by atoms with Gasteiger partial charge < -0.3 is 0 Å². The van der Waals surface area contributed by atoms with Gasteiger partial charge in [0.15, 0.2) is 0 Å². The Hall–Kier alpha value is -2.13. The summed E-state index contributed by atoms with van der Waals surface area (Å²) in [5.74, 6) is 0. The normalized spacial score (nSPS) is 11.1. The number of nitro benzene ring substituents is 1. The standard InChI is InChI=1S/C12H11N3O4S2/c1-20-12-7-2-9(8-13-12)14-21(18,19)11-5-3-10(4-6-11)15(16)17/h2-8,14H,1H3. The van der Waals surface area contributed by atoms with Gasteiger partial charge in [0.05, 0.1) is 26.7 Å². The highest BCUT2D eigenvalue weighted by Crippen LogP contribution is 2.20. The Bertz CT molecular complexity index is 743. The van der Waals surface area contributed by atoms with E-state index in [4.69, 9.17) is 0 Å². The number of thioether (sulfide) groups is 1. The zero-order valence-corrected chi connectivity index (χ0v) is 12.5. The molecule has 0 atom stereocenters. The Morgan fingerprint density at radius 2 is 1.86 bits per heavy atom. The number of nitrogens with one attached hydrogen (secondary N) is 1. The maximum atomic E-state index is 12.1. The average molecular weight is 325 g/mol. The summed E-state index contributed by atoms with van der Waals surface area (Å²) in [6, 6.07) is 7.95. The first kappa shape index (κ1) is 15.3. The molecule has 0 saturated heterocycles. The molecule has 2 aromatic rings. The van der Waals surface area contributed by atoms with Crippen LogP contribution in [0.4, 0.5) is 11.4 Å². The zero-order chi connectivity index (χ0) is 15.5. The van der Waals surface area contributed by atoms with Crippen LogP contribution < -0.4 is 4.72 Å². The van der Waals surface area contributed by atoms with Gasteiger partial charge in [-0.1, -0.05) is 0 Å². The van der Waals surface area contributed by atoms with E-state index in [-0.39, 0.29) is 10.6 Å². The minimum atomic E-state index is -3.79. The van der Waals surface area contributed by atoms with Gasteiger partial charge in [-0.2, -0.15) is 0 Å². The number of sulfonamides is 1. The summed E-state index contributed by atoms with van der Waals surface area (Å²) < 4.78 is 26.6. The molecule has 0 aliphatic carbocycles. The van der Waals surface area contributed by atoms with Crippen LogP contribution in [-0.2, 0) is 10.0 Å². The van der Waals surface area contributed by atoms with Gasteiger partial charge in [0.2, 0.25) is 0 Å². The van der Waals surface area contributed by atoms with Gasteiger partial charge in [-0.25, -0.2) is 13.4 Å². The van der Waals surface area contributed by atoms with Crippen molar-refractivity contribution in [3.05, 3.63) is 52.7 Å². The van der Waals surface area contributed by atoms with Crippen LogP contribution >= 0.6 is 11.8 Å². The number of aromatic nitrogens is 1. The second-order valence-corrected chi connectivity index (χ2v) is 6.45. The van der Waals surface area contributed by atoms with Gasteiger partial charge in [-0.3, -0.25) is 14.8 Å². The van der Waals surface area contributed by atoms with Gasteiger partial charge in [0.1, 0.15) is 0 Å². The van der Waals surface area contributed by atoms with Crippen molar-refractivity contribution in [2.24, 2.45) is 0 Å². The molecule has 9 heteroatoms. The summed E-state index contributed by atoms with van der Waals surface area (Å²) in [6.07, 6.45) is 3.28. The molecular formula is C12H11N3O4S2. The lowest BCUT2D eigenvalue weighted by Gasteiger charge is -2.07. The fraction of sp³-hybridized carbons (Fsp3) is 0.0833. The quantitative estimate of drug-likeness (QED) is 0.515. The van der Waals surface area contributed by atoms with Crippen molar-refractivity contribution < 1.29 is 13.3 Å². The number of pyridine rings is 1. The van der Waals surface area contributed by atoms with E-state index < -0.39 is 14.9 Å². The molecule has 0 aliphatic heterocycles. The third-order valence-corrected chi connectivity index (χ3v) is 4.61. The predicted octanol–water partition coefficient (Wildman–Crippen LogP) is 2.51. The van der Waals surface area contributed by atoms with E-state index in [2.05, 4.69) is 9.71 Å². The van der Waals surface area contributed by atoms with Crippen molar-refractivity contribution in [2.45, 2.75) is 9.92 Å². The number of nitrogens with zero attached hydrogens (tertiary/aromatic N) is 2. The number of hydrogen-bond acceptors (Lipinski definition) is 6. The lowest BCUT2D eigenvalue weighted by atomic mass is 10.3. The first-order valence-corrected chi connectivity index (χ1v) is 8.40. The highest BCUT2D eigenvalue weighted by molar-refractivity contribution is 7.98. The third kappa shape index (κ3) is 3.70. The Morgan fingerprint density at radius 1 is 1.19 bits per heavy atom. The number of hydrogen-bond donors (Lipinski definition) is 1. The molecular weight excluding hydrogens is 314 g/mol. The van der Waals surface area contributed by atoms with Gasteiger partial charge in [0, 0.05) is 12.1 Å². The smallest absolute Gasteiger partial charge is 0.269 e. The number of benzene rings is 1. The van der Waals surface area contributed by atoms with E-state index in [0.29, 0.717) is 5.69 Å². The zero-order valence-electron chi connectivity index (χ0n) is 10.9. The van der Waals surface area contributed by atoms with Crippen molar-refractivity contribution in [3.63, 3.8) is 0 Å². The molecule has 7 nitrogen and oxygen atoms in total. The van der Waals surface area contributed by atoms with Crippen LogP contribution in [0.3, 0.4) is 0 Å². The second-order valence-electron chi connectivity index (χ2n) is 3.95. The third-order valence-electron chi connectivity index (χ3n) is 2.56. The van der Waals surface area contributed by atoms with E-state index in [1.165, 1.54) is 30.1 Å². The number of non-ortho nitro benzene ring substituents is 1. The maximum absolute atomic E-state index is 12.1. The molecule has 0 unspecified atom stereocenters. The molecule has 1 N–H and O–H groups in total. The summed E-state index contributed by atoms with van der Waals surface area (Å²) in [4.78, 5) is 14.0. The van der Waals surface area contributed by atoms with Crippen molar-refractivity contribution >= 4 is 33.2 Å². The predicted molar refractivity (Wildman–Crippen MR) is 79.9 cm³/mol. The molecule has 0 spiro atoms. The minimum absolute atomic E-state index is 0.0537. The van der Waals surface area contributed by atoms with Crippen LogP contribution in [0.1, 0.15) is 0 Å². The summed E-state index contributed by atoms with van der Waals surface area (Å²) in [5, 5.41) is 11.3. The Balaban J connectivity index is 2.22. The second kappa shape index (κ2) is 6.10. The molecule has 1 aromatic carbocycles. The Labute approximate surface area is 125 Å². The van der Waals surface area contributed by atoms with Gasteiger partial charge in [-0.05, 0) is 30.5 Å². The highest BCUT2D eigenvalue weighted by Gasteiger charge is 2.16. The van der Waals surface area contributed by atoms with E-state index in [9.17, 15) is 18.5 Å². The highest BCUT2D eigenvalue weighted by atomic mass is 32.2. The largest absolute Gasteiger partial charge is 0.278 e. The number of nitro groups is 1. The van der Waals surface area contributed by atoms with Gasteiger partial charge in [0.25, 0.3) is 15.7 Å². The van der Waals surface area contributed by atoms with Crippen LogP contribution in [0.15, 0.2) is 52.5 Å². The summed E-state index contributed by atoms with van der Waals surface area (Å²) >= 11 is 1.44. The fourth-order valence-electron chi connectivity index (χ4n) is 1.52. The molecule has 0 aliphatic rings. The minimum Gasteiger partial charge on any atom is -0.278 e. The van der Waals surface area contributed by atoms with E-state index in [1.54, 1.807) is 12.1 Å². The van der Waals surface area contributed by atoms with Crippen molar-refractivity contribution in [2.75, 3.05) is 11.0 Å². The SMILES string of the molecule is CSc1ccc(NS(=O)(=O)c2ccc([N+](=O)[O-])cc2)cn1. The fourth-order valence-corrected chi connectivity index (χ4v) is 2.93. The lowest BCUT2D eigenvalue weighted by Crippen LogP contribution is -2.13. The molecule has 0 amide bonds. The maximum Gasteiger partial charge on any atom is 0.269 e. The Morgan fingerprint density at radius 3 is 2.33 bits per heavy atom. The lowest BCUT2D eigenvalue weighted by molar-refractivity contribution is -0.384. The van der Waals surface area contributed by atoms with Crippen LogP contribution in [0, 0.1) is 10.1 Å². The first-order valence-electron chi connectivity index (χ1n) is 5.70. The molecule has 2 rings (SSSR count). The molecule has 1 aromatic heterocycles. The summed E-state index contributed by atoms with van der Waals surface area (Å²) in [6.45, 7) is 0. The van der Waals surface area contributed by atoms with E-state index in [0.717, 1.165) is 17.2 Å². The molecule has 21 heavy (non-hydrogen) atoms. The van der Waals surface area contributed by atoms with Crippen molar-refractivity contribution in [3.8, 4) is 0 Å². The molecule has 0 fully saturated rings.